The van der Waals surface area contributed by atoms with Crippen molar-refractivity contribution >= 4 is 25.8 Å². The fraction of sp³-hybridized carbons (Fsp3) is 0.500. The van der Waals surface area contributed by atoms with Crippen molar-refractivity contribution in [1.82, 2.24) is 0 Å². The predicted octanol–water partition coefficient (Wildman–Crippen LogP) is 1.96. The molecule has 0 radical (unpaired) electrons. The van der Waals surface area contributed by atoms with E-state index in [2.05, 4.69) is 15.9 Å². The molecule has 5 heteroatoms. The summed E-state index contributed by atoms with van der Waals surface area (Å²) in [6.45, 7) is 1.59. The molecule has 0 spiro atoms. The third-order valence-corrected chi connectivity index (χ3v) is 6.18. The van der Waals surface area contributed by atoms with E-state index in [1.54, 1.807) is 6.92 Å². The van der Waals surface area contributed by atoms with Crippen molar-refractivity contribution < 1.29 is 13.5 Å². The monoisotopic (exact) mass is 318 g/mol. The fourth-order valence-electron chi connectivity index (χ4n) is 2.36. The zero-order valence-corrected chi connectivity index (χ0v) is 11.9. The lowest BCUT2D eigenvalue weighted by molar-refractivity contribution is 0.274. The third-order valence-electron chi connectivity index (χ3n) is 3.38. The van der Waals surface area contributed by atoms with Crippen molar-refractivity contribution in [2.24, 2.45) is 5.92 Å². The normalized spacial score (nSPS) is 28.1. The van der Waals surface area contributed by atoms with Gasteiger partial charge in [-0.3, -0.25) is 0 Å². The molecule has 3 atom stereocenters. The van der Waals surface area contributed by atoms with E-state index < -0.39 is 15.1 Å². The fourth-order valence-corrected chi connectivity index (χ4v) is 4.52. The van der Waals surface area contributed by atoms with Gasteiger partial charge in [-0.25, -0.2) is 8.42 Å². The molecule has 0 unspecified atom stereocenters. The second-order valence-corrected chi connectivity index (χ2v) is 7.70. The van der Waals surface area contributed by atoms with Crippen molar-refractivity contribution in [3.63, 3.8) is 0 Å². The van der Waals surface area contributed by atoms with Gasteiger partial charge in [0.2, 0.25) is 0 Å². The number of rotatable bonds is 4. The number of benzene rings is 1. The van der Waals surface area contributed by atoms with Gasteiger partial charge in [0.25, 0.3) is 0 Å². The number of aliphatic hydroxyl groups excluding tert-OH is 1. The maximum atomic E-state index is 11.9. The topological polar surface area (TPSA) is 54.4 Å². The molecular formula is C12H15BrO3S. The van der Waals surface area contributed by atoms with Crippen molar-refractivity contribution in [3.8, 4) is 0 Å². The van der Waals surface area contributed by atoms with Crippen LogP contribution in [0, 0.1) is 5.92 Å². The van der Waals surface area contributed by atoms with Gasteiger partial charge in [-0.05, 0) is 17.7 Å². The highest BCUT2D eigenvalue weighted by Gasteiger charge is 2.57. The molecule has 0 aromatic heterocycles. The molecule has 1 aliphatic carbocycles. The van der Waals surface area contributed by atoms with Crippen LogP contribution in [-0.4, -0.2) is 31.1 Å². The van der Waals surface area contributed by atoms with Crippen molar-refractivity contribution in [2.75, 3.05) is 12.4 Å². The minimum atomic E-state index is -3.07. The molecule has 0 heterocycles. The lowest BCUT2D eigenvalue weighted by atomic mass is 10.1. The Balaban J connectivity index is 2.26. The van der Waals surface area contributed by atoms with Crippen LogP contribution in [-0.2, 0) is 9.84 Å². The Morgan fingerprint density at radius 1 is 1.29 bits per heavy atom. The van der Waals surface area contributed by atoms with Crippen LogP contribution >= 0.6 is 15.9 Å². The summed E-state index contributed by atoms with van der Waals surface area (Å²) in [6.07, 6.45) is 0. The summed E-state index contributed by atoms with van der Waals surface area (Å²) in [6, 6.07) is 7.64. The Labute approximate surface area is 110 Å². The Hall–Kier alpha value is -0.390. The van der Waals surface area contributed by atoms with E-state index in [0.717, 1.165) is 10.0 Å². The van der Waals surface area contributed by atoms with Gasteiger partial charge in [0.15, 0.2) is 9.84 Å². The number of hydrogen-bond donors (Lipinski definition) is 1. The van der Waals surface area contributed by atoms with Gasteiger partial charge in [-0.1, -0.05) is 35.0 Å². The van der Waals surface area contributed by atoms with E-state index in [0.29, 0.717) is 0 Å². The van der Waals surface area contributed by atoms with Crippen LogP contribution < -0.4 is 0 Å². The van der Waals surface area contributed by atoms with Crippen molar-refractivity contribution in [3.05, 3.63) is 34.3 Å². The first-order valence-corrected chi connectivity index (χ1v) is 8.10. The van der Waals surface area contributed by atoms with E-state index in [4.69, 9.17) is 0 Å². The second-order valence-electron chi connectivity index (χ2n) is 4.34. The molecule has 0 bridgehead atoms. The number of aliphatic hydroxyl groups is 1. The molecule has 1 aromatic rings. The second kappa shape index (κ2) is 4.71. The molecule has 17 heavy (non-hydrogen) atoms. The smallest absolute Gasteiger partial charge is 0.153 e. The number of sulfone groups is 1. The molecule has 1 aromatic carbocycles. The van der Waals surface area contributed by atoms with Crippen LogP contribution in [0.15, 0.2) is 28.7 Å². The standard InChI is InChI=1S/C12H15BrO3S/c1-2-17(15,16)12-10(7-14)11(12)8-3-5-9(13)6-4-8/h3-6,10-12,14H,2,7H2,1H3/t10-,11+,12+/m0/s1. The van der Waals surface area contributed by atoms with Gasteiger partial charge in [0.1, 0.15) is 0 Å². The predicted molar refractivity (Wildman–Crippen MR) is 70.7 cm³/mol. The molecule has 3 nitrogen and oxygen atoms in total. The summed E-state index contributed by atoms with van der Waals surface area (Å²) >= 11 is 3.35. The Morgan fingerprint density at radius 2 is 1.88 bits per heavy atom. The first-order valence-electron chi connectivity index (χ1n) is 5.59. The Bertz CT molecular complexity index is 495. The number of hydrogen-bond acceptors (Lipinski definition) is 3. The summed E-state index contributed by atoms with van der Waals surface area (Å²) in [4.78, 5) is 0. The van der Waals surface area contributed by atoms with Crippen LogP contribution in [0.1, 0.15) is 18.4 Å². The first kappa shape index (κ1) is 13.1. The van der Waals surface area contributed by atoms with Gasteiger partial charge in [0, 0.05) is 28.7 Å². The minimum absolute atomic E-state index is 0.0435. The average molecular weight is 319 g/mol. The van der Waals surface area contributed by atoms with Crippen LogP contribution in [0.4, 0.5) is 0 Å². The summed E-state index contributed by atoms with van der Waals surface area (Å²) < 4.78 is 24.7. The largest absolute Gasteiger partial charge is 0.396 e. The average Bonchev–Trinajstić information content (AvgIpc) is 3.05. The van der Waals surface area contributed by atoms with Gasteiger partial charge in [-0.2, -0.15) is 0 Å². The van der Waals surface area contributed by atoms with Gasteiger partial charge >= 0.3 is 0 Å². The minimum Gasteiger partial charge on any atom is -0.396 e. The Morgan fingerprint density at radius 3 is 2.35 bits per heavy atom. The van der Waals surface area contributed by atoms with Crippen LogP contribution in [0.3, 0.4) is 0 Å². The van der Waals surface area contributed by atoms with Crippen LogP contribution in [0.25, 0.3) is 0 Å². The zero-order chi connectivity index (χ0) is 12.6. The van der Waals surface area contributed by atoms with E-state index in [1.165, 1.54) is 0 Å². The van der Waals surface area contributed by atoms with Crippen molar-refractivity contribution in [1.29, 1.82) is 0 Å². The highest BCUT2D eigenvalue weighted by atomic mass is 79.9. The zero-order valence-electron chi connectivity index (χ0n) is 9.51. The maximum Gasteiger partial charge on any atom is 0.153 e. The molecule has 2 rings (SSSR count). The van der Waals surface area contributed by atoms with E-state index in [-0.39, 0.29) is 24.2 Å². The van der Waals surface area contributed by atoms with E-state index >= 15 is 0 Å². The molecule has 1 N–H and O–H groups in total. The molecule has 0 saturated heterocycles. The quantitative estimate of drug-likeness (QED) is 0.923. The van der Waals surface area contributed by atoms with Crippen molar-refractivity contribution in [2.45, 2.75) is 18.1 Å². The first-order chi connectivity index (χ1) is 8.01. The summed E-state index contributed by atoms with van der Waals surface area (Å²) in [7, 11) is -3.07. The molecule has 0 aliphatic heterocycles. The van der Waals surface area contributed by atoms with Gasteiger partial charge in [0.05, 0.1) is 5.25 Å². The molecule has 0 amide bonds. The molecule has 1 fully saturated rings. The van der Waals surface area contributed by atoms with Crippen LogP contribution in [0.2, 0.25) is 0 Å². The lowest BCUT2D eigenvalue weighted by Crippen LogP contribution is -2.13. The molecule has 94 valence electrons. The van der Waals surface area contributed by atoms with Gasteiger partial charge in [-0.15, -0.1) is 0 Å². The molecular weight excluding hydrogens is 304 g/mol. The summed E-state index contributed by atoms with van der Waals surface area (Å²) in [5, 5.41) is 8.84. The molecule has 1 aliphatic rings. The molecule has 1 saturated carbocycles. The maximum absolute atomic E-state index is 11.9. The van der Waals surface area contributed by atoms with Gasteiger partial charge < -0.3 is 5.11 Å². The van der Waals surface area contributed by atoms with Crippen LogP contribution in [0.5, 0.6) is 0 Å². The highest BCUT2D eigenvalue weighted by Crippen LogP contribution is 2.52. The summed E-state index contributed by atoms with van der Waals surface area (Å²) in [5.74, 6) is -0.0412. The lowest BCUT2D eigenvalue weighted by Gasteiger charge is -2.01. The Kier molecular flexibility index (Phi) is 3.61. The number of halogens is 1. The third kappa shape index (κ3) is 2.41. The summed E-state index contributed by atoms with van der Waals surface area (Å²) in [5.41, 5.74) is 0.995. The SMILES string of the molecule is CCS(=O)(=O)[C@@H]1[C@@H](CO)[C@H]1c1ccc(Br)cc1. The highest BCUT2D eigenvalue weighted by molar-refractivity contribution is 9.10. The van der Waals surface area contributed by atoms with E-state index in [9.17, 15) is 13.5 Å². The van der Waals surface area contributed by atoms with E-state index in [1.807, 2.05) is 24.3 Å².